The first-order valence-corrected chi connectivity index (χ1v) is 5.94. The van der Waals surface area contributed by atoms with Crippen LogP contribution in [0.25, 0.3) is 0 Å². The van der Waals surface area contributed by atoms with Crippen molar-refractivity contribution in [3.05, 3.63) is 23.8 Å². The molecule has 1 fully saturated rings. The van der Waals surface area contributed by atoms with Crippen LogP contribution in [0.5, 0.6) is 5.75 Å². The van der Waals surface area contributed by atoms with Gasteiger partial charge in [0, 0.05) is 25.2 Å². The lowest BCUT2D eigenvalue weighted by Crippen LogP contribution is -2.29. The summed E-state index contributed by atoms with van der Waals surface area (Å²) in [5.74, 6) is 1.09. The molecule has 0 bridgehead atoms. The molecular weight excluding hydrogens is 186 g/mol. The summed E-state index contributed by atoms with van der Waals surface area (Å²) >= 11 is 0. The van der Waals surface area contributed by atoms with Gasteiger partial charge in [0.2, 0.25) is 0 Å². The predicted octanol–water partition coefficient (Wildman–Crippen LogP) is 2.61. The van der Waals surface area contributed by atoms with Gasteiger partial charge < -0.3 is 9.64 Å². The third-order valence-electron chi connectivity index (χ3n) is 3.39. The van der Waals surface area contributed by atoms with E-state index in [4.69, 9.17) is 4.74 Å². The molecule has 0 aliphatic carbocycles. The Balaban J connectivity index is 1.85. The van der Waals surface area contributed by atoms with E-state index in [-0.39, 0.29) is 0 Å². The van der Waals surface area contributed by atoms with Crippen molar-refractivity contribution < 1.29 is 4.74 Å². The second-order valence-corrected chi connectivity index (χ2v) is 4.44. The Labute approximate surface area is 90.8 Å². The van der Waals surface area contributed by atoms with E-state index in [1.54, 1.807) is 0 Å². The first kappa shape index (κ1) is 9.08. The Morgan fingerprint density at radius 2 is 1.93 bits per heavy atom. The van der Waals surface area contributed by atoms with Crippen molar-refractivity contribution in [2.24, 2.45) is 0 Å². The Morgan fingerprint density at radius 3 is 2.80 bits per heavy atom. The molecule has 1 aromatic carbocycles. The van der Waals surface area contributed by atoms with Gasteiger partial charge in [-0.1, -0.05) is 0 Å². The van der Waals surface area contributed by atoms with Crippen molar-refractivity contribution in [3.63, 3.8) is 0 Å². The van der Waals surface area contributed by atoms with E-state index >= 15 is 0 Å². The van der Waals surface area contributed by atoms with Gasteiger partial charge in [-0.25, -0.2) is 0 Å². The highest BCUT2D eigenvalue weighted by Crippen LogP contribution is 2.30. The number of fused-ring (bicyclic) bond motifs is 1. The molecule has 0 N–H and O–H groups in total. The van der Waals surface area contributed by atoms with Crippen molar-refractivity contribution in [3.8, 4) is 5.75 Å². The molecule has 0 atom stereocenters. The maximum absolute atomic E-state index is 5.52. The molecule has 2 aliphatic rings. The largest absolute Gasteiger partial charge is 0.493 e. The van der Waals surface area contributed by atoms with Crippen molar-refractivity contribution in [1.29, 1.82) is 0 Å². The molecule has 2 heterocycles. The highest BCUT2D eigenvalue weighted by atomic mass is 16.5. The maximum atomic E-state index is 5.52. The van der Waals surface area contributed by atoms with Crippen LogP contribution in [-0.4, -0.2) is 19.7 Å². The van der Waals surface area contributed by atoms with Gasteiger partial charge in [0.05, 0.1) is 6.61 Å². The molecule has 2 aliphatic heterocycles. The number of anilines is 1. The van der Waals surface area contributed by atoms with Gasteiger partial charge in [-0.05, 0) is 43.0 Å². The number of piperidine rings is 1. The second-order valence-electron chi connectivity index (χ2n) is 4.44. The molecular formula is C13H17NO. The summed E-state index contributed by atoms with van der Waals surface area (Å²) in [7, 11) is 0. The number of nitrogens with zero attached hydrogens (tertiary/aromatic N) is 1. The molecule has 2 nitrogen and oxygen atoms in total. The molecule has 80 valence electrons. The summed E-state index contributed by atoms with van der Waals surface area (Å²) in [4.78, 5) is 2.50. The zero-order valence-electron chi connectivity index (χ0n) is 9.04. The van der Waals surface area contributed by atoms with Gasteiger partial charge in [0.15, 0.2) is 0 Å². The van der Waals surface area contributed by atoms with Crippen LogP contribution in [0.3, 0.4) is 0 Å². The highest BCUT2D eigenvalue weighted by Gasteiger charge is 2.16. The summed E-state index contributed by atoms with van der Waals surface area (Å²) in [6.07, 6.45) is 5.16. The maximum Gasteiger partial charge on any atom is 0.122 e. The molecule has 0 saturated carbocycles. The Kier molecular flexibility index (Phi) is 2.28. The van der Waals surface area contributed by atoms with E-state index in [9.17, 15) is 0 Å². The summed E-state index contributed by atoms with van der Waals surface area (Å²) in [6, 6.07) is 6.65. The van der Waals surface area contributed by atoms with Gasteiger partial charge in [-0.15, -0.1) is 0 Å². The van der Waals surface area contributed by atoms with E-state index in [0.717, 1.165) is 18.8 Å². The van der Waals surface area contributed by atoms with Crippen molar-refractivity contribution in [2.75, 3.05) is 24.6 Å². The molecule has 0 amide bonds. The molecule has 1 aromatic rings. The minimum atomic E-state index is 0.860. The average molecular weight is 203 g/mol. The summed E-state index contributed by atoms with van der Waals surface area (Å²) in [5, 5.41) is 0. The first-order valence-electron chi connectivity index (χ1n) is 5.94. The monoisotopic (exact) mass is 203 g/mol. The molecule has 15 heavy (non-hydrogen) atoms. The van der Waals surface area contributed by atoms with E-state index in [1.165, 1.54) is 43.6 Å². The van der Waals surface area contributed by atoms with Gasteiger partial charge in [-0.2, -0.15) is 0 Å². The number of hydrogen-bond donors (Lipinski definition) is 0. The van der Waals surface area contributed by atoms with Crippen LogP contribution in [-0.2, 0) is 6.42 Å². The molecule has 2 heteroatoms. The number of benzene rings is 1. The van der Waals surface area contributed by atoms with Crippen LogP contribution in [0.1, 0.15) is 24.8 Å². The zero-order valence-corrected chi connectivity index (χ0v) is 9.04. The highest BCUT2D eigenvalue weighted by molar-refractivity contribution is 5.54. The Bertz CT molecular complexity index is 356. The van der Waals surface area contributed by atoms with Gasteiger partial charge in [-0.3, -0.25) is 0 Å². The van der Waals surface area contributed by atoms with Gasteiger partial charge >= 0.3 is 0 Å². The average Bonchev–Trinajstić information content (AvgIpc) is 2.77. The quantitative estimate of drug-likeness (QED) is 0.695. The SMILES string of the molecule is c1cc2c(cc1N1CCCCC1)CCO2. The standard InChI is InChI=1S/C13H17NO/c1-2-7-14(8-3-1)12-4-5-13-11(10-12)6-9-15-13/h4-5,10H,1-3,6-9H2. The topological polar surface area (TPSA) is 12.5 Å². The minimum Gasteiger partial charge on any atom is -0.493 e. The van der Waals surface area contributed by atoms with Gasteiger partial charge in [0.25, 0.3) is 0 Å². The predicted molar refractivity (Wildman–Crippen MR) is 61.7 cm³/mol. The second kappa shape index (κ2) is 3.76. The van der Waals surface area contributed by atoms with Crippen LogP contribution >= 0.6 is 0 Å². The molecule has 0 radical (unpaired) electrons. The summed E-state index contributed by atoms with van der Waals surface area (Å²) < 4.78 is 5.52. The Hall–Kier alpha value is -1.18. The van der Waals surface area contributed by atoms with Crippen LogP contribution in [0, 0.1) is 0 Å². The van der Waals surface area contributed by atoms with E-state index < -0.39 is 0 Å². The lowest BCUT2D eigenvalue weighted by Gasteiger charge is -2.29. The van der Waals surface area contributed by atoms with E-state index in [1.807, 2.05) is 0 Å². The third kappa shape index (κ3) is 1.69. The molecule has 0 unspecified atom stereocenters. The van der Waals surface area contributed by atoms with Crippen molar-refractivity contribution in [2.45, 2.75) is 25.7 Å². The van der Waals surface area contributed by atoms with Crippen molar-refractivity contribution in [1.82, 2.24) is 0 Å². The zero-order chi connectivity index (χ0) is 10.1. The normalized spacial score (nSPS) is 19.9. The Morgan fingerprint density at radius 1 is 1.07 bits per heavy atom. The molecule has 3 rings (SSSR count). The summed E-state index contributed by atoms with van der Waals surface area (Å²) in [6.45, 7) is 3.30. The fraction of sp³-hybridized carbons (Fsp3) is 0.538. The number of rotatable bonds is 1. The third-order valence-corrected chi connectivity index (χ3v) is 3.39. The van der Waals surface area contributed by atoms with E-state index in [2.05, 4.69) is 23.1 Å². The van der Waals surface area contributed by atoms with Crippen LogP contribution in [0.2, 0.25) is 0 Å². The number of hydrogen-bond acceptors (Lipinski definition) is 2. The molecule has 0 spiro atoms. The van der Waals surface area contributed by atoms with Crippen molar-refractivity contribution >= 4 is 5.69 Å². The fourth-order valence-electron chi connectivity index (χ4n) is 2.52. The fourth-order valence-corrected chi connectivity index (χ4v) is 2.52. The van der Waals surface area contributed by atoms with E-state index in [0.29, 0.717) is 0 Å². The van der Waals surface area contributed by atoms with Gasteiger partial charge in [0.1, 0.15) is 5.75 Å². The van der Waals surface area contributed by atoms with Crippen LogP contribution in [0.4, 0.5) is 5.69 Å². The number of ether oxygens (including phenoxy) is 1. The lowest BCUT2D eigenvalue weighted by atomic mass is 10.1. The smallest absolute Gasteiger partial charge is 0.122 e. The molecule has 1 saturated heterocycles. The summed E-state index contributed by atoms with van der Waals surface area (Å²) in [5.41, 5.74) is 2.78. The minimum absolute atomic E-state index is 0.860. The lowest BCUT2D eigenvalue weighted by molar-refractivity contribution is 0.357. The first-order chi connectivity index (χ1) is 7.43. The van der Waals surface area contributed by atoms with Crippen LogP contribution in [0.15, 0.2) is 18.2 Å². The van der Waals surface area contributed by atoms with Crippen LogP contribution < -0.4 is 9.64 Å². The molecule has 0 aromatic heterocycles.